The molecule has 0 saturated carbocycles. The topological polar surface area (TPSA) is 108 Å². The van der Waals surface area contributed by atoms with E-state index in [1.807, 2.05) is 0 Å². The Hall–Kier alpha value is -1.04. The Morgan fingerprint density at radius 3 is 3.10 bits per heavy atom. The van der Waals surface area contributed by atoms with Crippen LogP contribution < -0.4 is 5.73 Å². The van der Waals surface area contributed by atoms with E-state index in [9.17, 15) is 5.11 Å². The van der Waals surface area contributed by atoms with Gasteiger partial charge in [-0.3, -0.25) is 4.57 Å². The molecule has 20 heavy (non-hydrogen) atoms. The number of nitrogen functional groups attached to an aromatic ring is 1. The highest BCUT2D eigenvalue weighted by molar-refractivity contribution is 14.1. The van der Waals surface area contributed by atoms with Gasteiger partial charge in [-0.25, -0.2) is 15.0 Å². The molecule has 2 aromatic heterocycles. The molecule has 2 bridgehead atoms. The molecule has 0 aliphatic carbocycles. The number of rotatable bonds is 2. The van der Waals surface area contributed by atoms with Crippen LogP contribution in [0.1, 0.15) is 6.23 Å². The third-order valence-electron chi connectivity index (χ3n) is 3.88. The molecule has 0 aromatic carbocycles. The first-order valence-corrected chi connectivity index (χ1v) is 7.38. The number of hydrogen-bond donors (Lipinski definition) is 2. The molecule has 4 rings (SSSR count). The van der Waals surface area contributed by atoms with Crippen LogP contribution in [0.25, 0.3) is 11.2 Å². The standard InChI is InChI=1S/C11H12IN5O3/c12-7-6-10(20-11(7,1-18)2-19-6)17-4-16-5-8(13)14-3-15-9(5)17/h3-4,6-7,10,18H,1-2H2,(H2,13,14,15)/t6-,7?,10+,11-/m0/s1. The number of ether oxygens (including phenoxy) is 2. The molecule has 8 nitrogen and oxygen atoms in total. The molecule has 0 amide bonds. The number of aromatic nitrogens is 4. The molecule has 2 aliphatic heterocycles. The number of nitrogens with zero attached hydrogens (tertiary/aromatic N) is 4. The van der Waals surface area contributed by atoms with Gasteiger partial charge in [0.25, 0.3) is 0 Å². The van der Waals surface area contributed by atoms with Crippen molar-refractivity contribution in [3.8, 4) is 0 Å². The van der Waals surface area contributed by atoms with Crippen molar-refractivity contribution in [3.63, 3.8) is 0 Å². The average molecular weight is 389 g/mol. The van der Waals surface area contributed by atoms with Crippen LogP contribution in [0.2, 0.25) is 0 Å². The van der Waals surface area contributed by atoms with Gasteiger partial charge in [-0.1, -0.05) is 22.6 Å². The first kappa shape index (κ1) is 12.7. The maximum absolute atomic E-state index is 9.61. The second kappa shape index (κ2) is 4.23. The summed E-state index contributed by atoms with van der Waals surface area (Å²) in [6, 6.07) is 0. The second-order valence-electron chi connectivity index (χ2n) is 4.99. The van der Waals surface area contributed by atoms with Gasteiger partial charge in [-0.05, 0) is 0 Å². The van der Waals surface area contributed by atoms with Crippen molar-refractivity contribution in [2.75, 3.05) is 18.9 Å². The molecule has 0 radical (unpaired) electrons. The number of aliphatic hydroxyl groups is 1. The average Bonchev–Trinajstić information content (AvgIpc) is 3.10. The number of anilines is 1. The summed E-state index contributed by atoms with van der Waals surface area (Å²) in [5.41, 5.74) is 6.29. The quantitative estimate of drug-likeness (QED) is 0.544. The lowest BCUT2D eigenvalue weighted by Gasteiger charge is -2.29. The summed E-state index contributed by atoms with van der Waals surface area (Å²) in [6.07, 6.45) is 2.51. The molecule has 2 aromatic rings. The molecule has 3 N–H and O–H groups in total. The van der Waals surface area contributed by atoms with Gasteiger partial charge < -0.3 is 20.3 Å². The first-order valence-electron chi connectivity index (χ1n) is 6.14. The van der Waals surface area contributed by atoms with Crippen LogP contribution in [0.15, 0.2) is 12.7 Å². The van der Waals surface area contributed by atoms with Crippen LogP contribution >= 0.6 is 22.6 Å². The van der Waals surface area contributed by atoms with Gasteiger partial charge in [0.2, 0.25) is 0 Å². The summed E-state index contributed by atoms with van der Waals surface area (Å²) in [7, 11) is 0. The van der Waals surface area contributed by atoms with Gasteiger partial charge in [0.05, 0.1) is 23.5 Å². The fraction of sp³-hybridized carbons (Fsp3) is 0.545. The number of aliphatic hydroxyl groups excluding tert-OH is 1. The van der Waals surface area contributed by atoms with Gasteiger partial charge in [-0.2, -0.15) is 0 Å². The minimum Gasteiger partial charge on any atom is -0.393 e. The third kappa shape index (κ3) is 1.48. The second-order valence-corrected chi connectivity index (χ2v) is 6.33. The molecule has 2 saturated heterocycles. The van der Waals surface area contributed by atoms with Crippen LogP contribution in [0, 0.1) is 0 Å². The Labute approximate surface area is 127 Å². The summed E-state index contributed by atoms with van der Waals surface area (Å²) in [6.45, 7) is 0.333. The molecule has 2 fully saturated rings. The Balaban J connectivity index is 1.80. The maximum Gasteiger partial charge on any atom is 0.167 e. The highest BCUT2D eigenvalue weighted by Crippen LogP contribution is 2.49. The fourth-order valence-electron chi connectivity index (χ4n) is 2.78. The van der Waals surface area contributed by atoms with Crippen molar-refractivity contribution >= 4 is 39.6 Å². The predicted octanol–water partition coefficient (Wildman–Crippen LogP) is -0.129. The molecule has 4 heterocycles. The number of nitrogens with two attached hydrogens (primary N) is 1. The van der Waals surface area contributed by atoms with Gasteiger partial charge in [0.15, 0.2) is 17.7 Å². The maximum atomic E-state index is 9.61. The van der Waals surface area contributed by atoms with Crippen molar-refractivity contribution in [2.45, 2.75) is 21.9 Å². The molecule has 2 aliphatic rings. The molecular formula is C11H12IN5O3. The smallest absolute Gasteiger partial charge is 0.167 e. The van der Waals surface area contributed by atoms with Gasteiger partial charge in [0, 0.05) is 0 Å². The summed E-state index contributed by atoms with van der Waals surface area (Å²) in [5.74, 6) is 0.334. The SMILES string of the molecule is Nc1ncnc2c1ncn2[C@@H]1O[C@@]2(CO)CO[C@H]1C2I. The Kier molecular flexibility index (Phi) is 2.68. The monoisotopic (exact) mass is 389 g/mol. The first-order chi connectivity index (χ1) is 9.66. The van der Waals surface area contributed by atoms with Crippen molar-refractivity contribution in [2.24, 2.45) is 0 Å². The predicted molar refractivity (Wildman–Crippen MR) is 77.2 cm³/mol. The Bertz CT molecular complexity index is 679. The van der Waals surface area contributed by atoms with E-state index in [-0.39, 0.29) is 22.9 Å². The van der Waals surface area contributed by atoms with E-state index in [0.29, 0.717) is 23.6 Å². The van der Waals surface area contributed by atoms with E-state index in [2.05, 4.69) is 37.5 Å². The van der Waals surface area contributed by atoms with Crippen LogP contribution in [-0.4, -0.2) is 53.5 Å². The zero-order valence-corrected chi connectivity index (χ0v) is 12.5. The highest BCUT2D eigenvalue weighted by Gasteiger charge is 2.61. The minimum absolute atomic E-state index is 0.0721. The van der Waals surface area contributed by atoms with E-state index in [1.54, 1.807) is 10.9 Å². The number of alkyl halides is 1. The lowest BCUT2D eigenvalue weighted by Crippen LogP contribution is -2.41. The van der Waals surface area contributed by atoms with Crippen LogP contribution in [0.3, 0.4) is 0 Å². The zero-order valence-electron chi connectivity index (χ0n) is 10.3. The Morgan fingerprint density at radius 1 is 1.50 bits per heavy atom. The normalized spacial score (nSPS) is 36.0. The number of fused-ring (bicyclic) bond motifs is 3. The molecule has 9 heteroatoms. The number of imidazole rings is 1. The lowest BCUT2D eigenvalue weighted by atomic mass is 10.0. The van der Waals surface area contributed by atoms with Crippen LogP contribution in [0.4, 0.5) is 5.82 Å². The van der Waals surface area contributed by atoms with Crippen molar-refractivity contribution in [3.05, 3.63) is 12.7 Å². The fourth-order valence-corrected chi connectivity index (χ4v) is 3.86. The largest absolute Gasteiger partial charge is 0.393 e. The van der Waals surface area contributed by atoms with Crippen LogP contribution in [0.5, 0.6) is 0 Å². The van der Waals surface area contributed by atoms with Crippen molar-refractivity contribution in [1.82, 2.24) is 19.5 Å². The van der Waals surface area contributed by atoms with Crippen LogP contribution in [-0.2, 0) is 9.47 Å². The molecule has 106 valence electrons. The Morgan fingerprint density at radius 2 is 2.35 bits per heavy atom. The van der Waals surface area contributed by atoms with E-state index in [1.165, 1.54) is 6.33 Å². The van der Waals surface area contributed by atoms with Crippen molar-refractivity contribution in [1.29, 1.82) is 0 Å². The van der Waals surface area contributed by atoms with Gasteiger partial charge >= 0.3 is 0 Å². The third-order valence-corrected chi connectivity index (χ3v) is 5.72. The van der Waals surface area contributed by atoms with Crippen molar-refractivity contribution < 1.29 is 14.6 Å². The van der Waals surface area contributed by atoms with E-state index >= 15 is 0 Å². The number of hydrogen-bond acceptors (Lipinski definition) is 7. The number of halogens is 1. The molecule has 4 atom stereocenters. The zero-order chi connectivity index (χ0) is 13.9. The van der Waals surface area contributed by atoms with E-state index in [4.69, 9.17) is 15.2 Å². The summed E-state index contributed by atoms with van der Waals surface area (Å²) in [4.78, 5) is 12.4. The summed E-state index contributed by atoms with van der Waals surface area (Å²) < 4.78 is 13.7. The molecule has 1 unspecified atom stereocenters. The highest BCUT2D eigenvalue weighted by atomic mass is 127. The molecular weight excluding hydrogens is 377 g/mol. The molecule has 0 spiro atoms. The lowest BCUT2D eigenvalue weighted by molar-refractivity contribution is -0.182. The van der Waals surface area contributed by atoms with Gasteiger partial charge in [-0.15, -0.1) is 0 Å². The summed E-state index contributed by atoms with van der Waals surface area (Å²) in [5, 5.41) is 9.61. The van der Waals surface area contributed by atoms with Gasteiger partial charge in [0.1, 0.15) is 23.5 Å². The summed E-state index contributed by atoms with van der Waals surface area (Å²) >= 11 is 2.27. The van der Waals surface area contributed by atoms with E-state index < -0.39 is 5.60 Å². The minimum atomic E-state index is -0.648. The van der Waals surface area contributed by atoms with E-state index in [0.717, 1.165) is 0 Å².